The summed E-state index contributed by atoms with van der Waals surface area (Å²) in [6.07, 6.45) is 3.24. The van der Waals surface area contributed by atoms with E-state index in [9.17, 15) is 4.79 Å². The van der Waals surface area contributed by atoms with Gasteiger partial charge in [-0.1, -0.05) is 41.6 Å². The van der Waals surface area contributed by atoms with Crippen LogP contribution in [0.2, 0.25) is 0 Å². The van der Waals surface area contributed by atoms with Crippen molar-refractivity contribution in [3.63, 3.8) is 0 Å². The lowest BCUT2D eigenvalue weighted by molar-refractivity contribution is -0.114. The average Bonchev–Trinajstić information content (AvgIpc) is 3.38. The Morgan fingerprint density at radius 3 is 2.54 bits per heavy atom. The molecule has 10 heteroatoms. The molecular formula is C25H26N8O2. The maximum Gasteiger partial charge on any atom is 0.232 e. The maximum atomic E-state index is 11.5. The number of benzene rings is 2. The highest BCUT2D eigenvalue weighted by molar-refractivity contribution is 5.90. The largest absolute Gasteiger partial charge is 0.341 e. The molecule has 0 radical (unpaired) electrons. The van der Waals surface area contributed by atoms with Crippen molar-refractivity contribution in [1.82, 2.24) is 25.1 Å². The first-order chi connectivity index (χ1) is 17.1. The third-order valence-corrected chi connectivity index (χ3v) is 6.05. The number of hydrogen-bond donors (Lipinski definition) is 2. The van der Waals surface area contributed by atoms with Crippen LogP contribution in [0.4, 0.5) is 23.3 Å². The van der Waals surface area contributed by atoms with Gasteiger partial charge in [-0.3, -0.25) is 4.79 Å². The number of nitrogens with zero attached hydrogens (tertiary/aromatic N) is 6. The molecule has 0 saturated carbocycles. The molecule has 2 aromatic heterocycles. The zero-order valence-corrected chi connectivity index (χ0v) is 19.6. The van der Waals surface area contributed by atoms with Gasteiger partial charge in [0.1, 0.15) is 6.33 Å². The monoisotopic (exact) mass is 470 g/mol. The summed E-state index contributed by atoms with van der Waals surface area (Å²) in [4.78, 5) is 31.5. The molecule has 2 aromatic carbocycles. The Hall–Kier alpha value is -4.34. The summed E-state index contributed by atoms with van der Waals surface area (Å²) < 4.78 is 5.57. The van der Waals surface area contributed by atoms with Gasteiger partial charge in [-0.15, -0.1) is 0 Å². The minimum absolute atomic E-state index is 0.118. The SMILES string of the molecule is CC(=O)Nc1cccc(Nc2ncnc(N3CCC(c4nc(-c5ccccc5)no4)CC3)n2)c1C. The zero-order chi connectivity index (χ0) is 24.2. The Balaban J connectivity index is 1.24. The van der Waals surface area contributed by atoms with Crippen molar-refractivity contribution in [3.05, 3.63) is 66.3 Å². The summed E-state index contributed by atoms with van der Waals surface area (Å²) in [7, 11) is 0. The van der Waals surface area contributed by atoms with Crippen LogP contribution in [-0.4, -0.2) is 44.1 Å². The maximum absolute atomic E-state index is 11.5. The average molecular weight is 471 g/mol. The molecule has 10 nitrogen and oxygen atoms in total. The van der Waals surface area contributed by atoms with E-state index < -0.39 is 0 Å². The molecular weight excluding hydrogens is 444 g/mol. The fraction of sp³-hybridized carbons (Fsp3) is 0.280. The smallest absolute Gasteiger partial charge is 0.232 e. The Bertz CT molecular complexity index is 1320. The van der Waals surface area contributed by atoms with Gasteiger partial charge in [0.05, 0.1) is 0 Å². The first-order valence-corrected chi connectivity index (χ1v) is 11.5. The Morgan fingerprint density at radius 2 is 1.77 bits per heavy atom. The van der Waals surface area contributed by atoms with Crippen LogP contribution in [0.1, 0.15) is 37.1 Å². The molecule has 4 aromatic rings. The van der Waals surface area contributed by atoms with Crippen LogP contribution in [0, 0.1) is 6.92 Å². The number of anilines is 4. The lowest BCUT2D eigenvalue weighted by atomic mass is 9.97. The van der Waals surface area contributed by atoms with Gasteiger partial charge in [0.15, 0.2) is 0 Å². The molecule has 0 unspecified atom stereocenters. The standard InChI is InChI=1S/C25H26N8O2/c1-16-20(28-17(2)34)9-6-10-21(16)29-24-26-15-27-25(31-24)33-13-11-19(12-14-33)23-30-22(32-35-23)18-7-4-3-5-8-18/h3-10,15,19H,11-14H2,1-2H3,(H,28,34)(H,26,27,29,31). The van der Waals surface area contributed by atoms with E-state index in [4.69, 9.17) is 4.52 Å². The van der Waals surface area contributed by atoms with Crippen molar-refractivity contribution >= 4 is 29.2 Å². The first-order valence-electron chi connectivity index (χ1n) is 11.5. The number of hydrogen-bond acceptors (Lipinski definition) is 9. The molecule has 0 aliphatic carbocycles. The summed E-state index contributed by atoms with van der Waals surface area (Å²) in [6.45, 7) is 4.96. The number of carbonyl (C=O) groups is 1. The van der Waals surface area contributed by atoms with E-state index in [-0.39, 0.29) is 11.8 Å². The van der Waals surface area contributed by atoms with Crippen LogP contribution >= 0.6 is 0 Å². The summed E-state index contributed by atoms with van der Waals surface area (Å²) in [5, 5.41) is 10.2. The number of nitrogens with one attached hydrogen (secondary N) is 2. The van der Waals surface area contributed by atoms with Gasteiger partial charge in [0, 0.05) is 42.9 Å². The van der Waals surface area contributed by atoms with Crippen molar-refractivity contribution in [2.24, 2.45) is 0 Å². The molecule has 178 valence electrons. The molecule has 1 aliphatic rings. The van der Waals surface area contributed by atoms with Gasteiger partial charge >= 0.3 is 0 Å². The molecule has 0 bridgehead atoms. The van der Waals surface area contributed by atoms with E-state index >= 15 is 0 Å². The summed E-state index contributed by atoms with van der Waals surface area (Å²) >= 11 is 0. The Morgan fingerprint density at radius 1 is 1.00 bits per heavy atom. The van der Waals surface area contributed by atoms with E-state index in [1.807, 2.05) is 55.5 Å². The van der Waals surface area contributed by atoms with Crippen molar-refractivity contribution < 1.29 is 9.32 Å². The third kappa shape index (κ3) is 5.11. The number of carbonyl (C=O) groups excluding carboxylic acids is 1. The minimum atomic E-state index is -0.118. The molecule has 0 spiro atoms. The fourth-order valence-electron chi connectivity index (χ4n) is 4.15. The topological polar surface area (TPSA) is 122 Å². The van der Waals surface area contributed by atoms with Crippen molar-refractivity contribution in [2.75, 3.05) is 28.6 Å². The van der Waals surface area contributed by atoms with E-state index in [1.165, 1.54) is 13.3 Å². The van der Waals surface area contributed by atoms with Crippen LogP contribution in [0.25, 0.3) is 11.4 Å². The lowest BCUT2D eigenvalue weighted by Gasteiger charge is -2.30. The summed E-state index contributed by atoms with van der Waals surface area (Å²) in [5.41, 5.74) is 3.41. The predicted molar refractivity (Wildman–Crippen MR) is 133 cm³/mol. The molecule has 1 aliphatic heterocycles. The number of aromatic nitrogens is 5. The fourth-order valence-corrected chi connectivity index (χ4v) is 4.15. The quantitative estimate of drug-likeness (QED) is 0.424. The first kappa shape index (κ1) is 22.5. The normalized spacial score (nSPS) is 14.1. The van der Waals surface area contributed by atoms with E-state index in [0.717, 1.165) is 48.4 Å². The van der Waals surface area contributed by atoms with Gasteiger partial charge in [0.2, 0.25) is 29.5 Å². The highest BCUT2D eigenvalue weighted by Gasteiger charge is 2.27. The highest BCUT2D eigenvalue weighted by atomic mass is 16.5. The number of piperidine rings is 1. The van der Waals surface area contributed by atoms with Crippen LogP contribution < -0.4 is 15.5 Å². The second kappa shape index (κ2) is 9.88. The summed E-state index contributed by atoms with van der Waals surface area (Å²) in [6, 6.07) is 15.5. The van der Waals surface area contributed by atoms with Gasteiger partial charge in [0.25, 0.3) is 0 Å². The van der Waals surface area contributed by atoms with E-state index in [1.54, 1.807) is 0 Å². The predicted octanol–water partition coefficient (Wildman–Crippen LogP) is 4.32. The minimum Gasteiger partial charge on any atom is -0.341 e. The van der Waals surface area contributed by atoms with Gasteiger partial charge in [-0.05, 0) is 37.5 Å². The van der Waals surface area contributed by atoms with Gasteiger partial charge in [-0.25, -0.2) is 9.97 Å². The van der Waals surface area contributed by atoms with Crippen LogP contribution in [0.5, 0.6) is 0 Å². The molecule has 1 amide bonds. The van der Waals surface area contributed by atoms with Crippen molar-refractivity contribution in [3.8, 4) is 11.4 Å². The molecule has 1 fully saturated rings. The van der Waals surface area contributed by atoms with Gasteiger partial charge < -0.3 is 20.1 Å². The lowest BCUT2D eigenvalue weighted by Crippen LogP contribution is -2.34. The van der Waals surface area contributed by atoms with Crippen LogP contribution in [-0.2, 0) is 4.79 Å². The molecule has 35 heavy (non-hydrogen) atoms. The van der Waals surface area contributed by atoms with E-state index in [2.05, 4.69) is 40.6 Å². The van der Waals surface area contributed by atoms with Crippen LogP contribution in [0.15, 0.2) is 59.4 Å². The second-order valence-corrected chi connectivity index (χ2v) is 8.48. The molecule has 1 saturated heterocycles. The highest BCUT2D eigenvalue weighted by Crippen LogP contribution is 2.30. The summed E-state index contributed by atoms with van der Waals surface area (Å²) in [5.74, 6) is 2.45. The van der Waals surface area contributed by atoms with Crippen molar-refractivity contribution in [2.45, 2.75) is 32.6 Å². The second-order valence-electron chi connectivity index (χ2n) is 8.48. The Labute approximate surface area is 202 Å². The van der Waals surface area contributed by atoms with Crippen molar-refractivity contribution in [1.29, 1.82) is 0 Å². The van der Waals surface area contributed by atoms with Gasteiger partial charge in [-0.2, -0.15) is 9.97 Å². The number of amides is 1. The molecule has 3 heterocycles. The molecule has 5 rings (SSSR count). The van der Waals surface area contributed by atoms with E-state index in [0.29, 0.717) is 23.6 Å². The third-order valence-electron chi connectivity index (χ3n) is 6.05. The zero-order valence-electron chi connectivity index (χ0n) is 19.6. The Kier molecular flexibility index (Phi) is 6.34. The van der Waals surface area contributed by atoms with Crippen LogP contribution in [0.3, 0.4) is 0 Å². The molecule has 0 atom stereocenters. The molecule has 2 N–H and O–H groups in total. The number of rotatable bonds is 6.